The molecule has 94 valence electrons. The highest BCUT2D eigenvalue weighted by Crippen LogP contribution is 2.34. The number of aromatic hydroxyl groups is 1. The molecule has 19 heavy (non-hydrogen) atoms. The van der Waals surface area contributed by atoms with Crippen molar-refractivity contribution in [3.8, 4) is 11.5 Å². The van der Waals surface area contributed by atoms with Gasteiger partial charge in [-0.15, -0.1) is 0 Å². The van der Waals surface area contributed by atoms with Crippen molar-refractivity contribution >= 4 is 27.8 Å². The van der Waals surface area contributed by atoms with Gasteiger partial charge in [0.2, 0.25) is 5.78 Å². The average Bonchev–Trinajstić information content (AvgIpc) is 2.66. The van der Waals surface area contributed by atoms with Gasteiger partial charge in [-0.25, -0.2) is 0 Å². The maximum Gasteiger partial charge on any atom is 0.231 e. The number of rotatable bonds is 1. The van der Waals surface area contributed by atoms with Gasteiger partial charge in [0.25, 0.3) is 0 Å². The molecule has 0 atom stereocenters. The maximum atomic E-state index is 12.1. The number of Topliss-reactive ketones (excluding diaryl/α,β-unsaturated/α-hetero) is 1. The lowest BCUT2D eigenvalue weighted by Crippen LogP contribution is -1.97. The van der Waals surface area contributed by atoms with Crippen molar-refractivity contribution in [1.82, 2.24) is 0 Å². The molecule has 0 unspecified atom stereocenters. The zero-order valence-electron chi connectivity index (χ0n) is 9.76. The third kappa shape index (κ3) is 2.27. The highest BCUT2D eigenvalue weighted by Gasteiger charge is 2.27. The molecule has 3 nitrogen and oxygen atoms in total. The minimum atomic E-state index is -0.171. The first-order chi connectivity index (χ1) is 9.13. The molecule has 1 heterocycles. The summed E-state index contributed by atoms with van der Waals surface area (Å²) < 4.78 is 6.41. The first kappa shape index (κ1) is 12.0. The molecule has 3 rings (SSSR count). The lowest BCUT2D eigenvalue weighted by Gasteiger charge is -1.99. The highest BCUT2D eigenvalue weighted by atomic mass is 79.9. The Labute approximate surface area is 118 Å². The van der Waals surface area contributed by atoms with E-state index in [1.165, 1.54) is 12.1 Å². The van der Waals surface area contributed by atoms with Crippen LogP contribution in [-0.2, 0) is 0 Å². The minimum Gasteiger partial charge on any atom is -0.508 e. The fourth-order valence-electron chi connectivity index (χ4n) is 1.92. The molecule has 0 amide bonds. The summed E-state index contributed by atoms with van der Waals surface area (Å²) in [5, 5.41) is 9.38. The maximum absolute atomic E-state index is 12.1. The van der Waals surface area contributed by atoms with E-state index in [4.69, 9.17) is 4.74 Å². The highest BCUT2D eigenvalue weighted by molar-refractivity contribution is 9.10. The van der Waals surface area contributed by atoms with Crippen molar-refractivity contribution in [3.63, 3.8) is 0 Å². The lowest BCUT2D eigenvalue weighted by molar-refractivity contribution is 0.101. The zero-order valence-corrected chi connectivity index (χ0v) is 11.3. The average molecular weight is 317 g/mol. The summed E-state index contributed by atoms with van der Waals surface area (Å²) in [6.45, 7) is 0. The van der Waals surface area contributed by atoms with Crippen molar-refractivity contribution in [2.24, 2.45) is 0 Å². The third-order valence-corrected chi connectivity index (χ3v) is 3.29. The Kier molecular flexibility index (Phi) is 2.87. The van der Waals surface area contributed by atoms with Gasteiger partial charge in [-0.3, -0.25) is 4.79 Å². The van der Waals surface area contributed by atoms with Crippen LogP contribution in [0.1, 0.15) is 15.9 Å². The summed E-state index contributed by atoms with van der Waals surface area (Å²) in [4.78, 5) is 12.1. The number of hydrogen-bond donors (Lipinski definition) is 1. The second kappa shape index (κ2) is 4.55. The zero-order chi connectivity index (χ0) is 13.4. The summed E-state index contributed by atoms with van der Waals surface area (Å²) >= 11 is 3.38. The molecule has 2 aromatic carbocycles. The molecule has 4 heteroatoms. The number of hydrogen-bond acceptors (Lipinski definition) is 3. The van der Waals surface area contributed by atoms with Crippen molar-refractivity contribution in [2.45, 2.75) is 0 Å². The fraction of sp³-hybridized carbons (Fsp3) is 0. The molecule has 0 bridgehead atoms. The van der Waals surface area contributed by atoms with E-state index in [-0.39, 0.29) is 17.3 Å². The number of benzene rings is 2. The molecule has 1 N–H and O–H groups in total. The topological polar surface area (TPSA) is 46.5 Å². The van der Waals surface area contributed by atoms with Gasteiger partial charge < -0.3 is 9.84 Å². The van der Waals surface area contributed by atoms with Crippen LogP contribution in [0.3, 0.4) is 0 Å². The predicted molar refractivity (Wildman–Crippen MR) is 75.2 cm³/mol. The van der Waals surface area contributed by atoms with Gasteiger partial charge in [0, 0.05) is 10.5 Å². The standard InChI is InChI=1S/C15H9BrO3/c16-10-3-1-2-9(6-10)7-14-15(18)12-5-4-11(17)8-13(12)19-14/h1-8,17H/b14-7-. The predicted octanol–water partition coefficient (Wildman–Crippen LogP) is 3.77. The summed E-state index contributed by atoms with van der Waals surface area (Å²) in [6, 6.07) is 12.0. The Balaban J connectivity index is 1.99. The number of fused-ring (bicyclic) bond motifs is 1. The summed E-state index contributed by atoms with van der Waals surface area (Å²) in [7, 11) is 0. The van der Waals surface area contributed by atoms with Crippen molar-refractivity contribution in [3.05, 3.63) is 63.8 Å². The van der Waals surface area contributed by atoms with E-state index in [2.05, 4.69) is 15.9 Å². The number of carbonyl (C=O) groups excluding carboxylic acids is 1. The van der Waals surface area contributed by atoms with E-state index in [0.717, 1.165) is 10.0 Å². The molecule has 0 radical (unpaired) electrons. The monoisotopic (exact) mass is 316 g/mol. The van der Waals surface area contributed by atoms with E-state index >= 15 is 0 Å². The van der Waals surface area contributed by atoms with Crippen LogP contribution in [0.2, 0.25) is 0 Å². The molecule has 0 saturated heterocycles. The second-order valence-corrected chi connectivity index (χ2v) is 5.09. The number of phenolic OH excluding ortho intramolecular Hbond substituents is 1. The van der Waals surface area contributed by atoms with Crippen LogP contribution in [0, 0.1) is 0 Å². The summed E-state index contributed by atoms with van der Waals surface area (Å²) in [5.41, 5.74) is 1.34. The van der Waals surface area contributed by atoms with E-state index in [1.807, 2.05) is 24.3 Å². The summed E-state index contributed by atoms with van der Waals surface area (Å²) in [5.74, 6) is 0.565. The van der Waals surface area contributed by atoms with Crippen LogP contribution < -0.4 is 4.74 Å². The molecular weight excluding hydrogens is 308 g/mol. The first-order valence-electron chi connectivity index (χ1n) is 5.66. The van der Waals surface area contributed by atoms with Crippen LogP contribution in [-0.4, -0.2) is 10.9 Å². The molecule has 0 spiro atoms. The number of ketones is 1. The number of carbonyl (C=O) groups is 1. The Morgan fingerprint density at radius 2 is 2.00 bits per heavy atom. The van der Waals surface area contributed by atoms with Gasteiger partial charge in [-0.05, 0) is 35.9 Å². The van der Waals surface area contributed by atoms with Crippen molar-refractivity contribution < 1.29 is 14.6 Å². The Morgan fingerprint density at radius 1 is 1.16 bits per heavy atom. The number of phenols is 1. The molecule has 0 aromatic heterocycles. The van der Waals surface area contributed by atoms with Gasteiger partial charge in [0.15, 0.2) is 5.76 Å². The Hall–Kier alpha value is -2.07. The van der Waals surface area contributed by atoms with E-state index < -0.39 is 0 Å². The molecule has 2 aromatic rings. The fourth-order valence-corrected chi connectivity index (χ4v) is 2.34. The van der Waals surface area contributed by atoms with E-state index in [1.54, 1.807) is 12.1 Å². The molecule has 1 aliphatic heterocycles. The van der Waals surface area contributed by atoms with Gasteiger partial charge in [0.05, 0.1) is 5.56 Å². The first-order valence-corrected chi connectivity index (χ1v) is 6.45. The van der Waals surface area contributed by atoms with Crippen LogP contribution in [0.5, 0.6) is 11.5 Å². The second-order valence-electron chi connectivity index (χ2n) is 4.18. The van der Waals surface area contributed by atoms with Crippen LogP contribution in [0.25, 0.3) is 6.08 Å². The van der Waals surface area contributed by atoms with Gasteiger partial charge >= 0.3 is 0 Å². The largest absolute Gasteiger partial charge is 0.508 e. The van der Waals surface area contributed by atoms with Crippen LogP contribution >= 0.6 is 15.9 Å². The number of halogens is 1. The van der Waals surface area contributed by atoms with E-state index in [0.29, 0.717) is 11.3 Å². The molecule has 0 saturated carbocycles. The number of ether oxygens (including phenoxy) is 1. The van der Waals surface area contributed by atoms with Gasteiger partial charge in [0.1, 0.15) is 11.5 Å². The van der Waals surface area contributed by atoms with Gasteiger partial charge in [-0.1, -0.05) is 28.1 Å². The lowest BCUT2D eigenvalue weighted by atomic mass is 10.1. The molecule has 1 aliphatic rings. The quantitative estimate of drug-likeness (QED) is 0.815. The smallest absolute Gasteiger partial charge is 0.231 e. The van der Waals surface area contributed by atoms with Crippen LogP contribution in [0.15, 0.2) is 52.7 Å². The SMILES string of the molecule is O=C1/C(=C/c2cccc(Br)c2)Oc2cc(O)ccc21. The Morgan fingerprint density at radius 3 is 2.79 bits per heavy atom. The molecule has 0 aliphatic carbocycles. The summed E-state index contributed by atoms with van der Waals surface area (Å²) in [6.07, 6.45) is 1.68. The normalized spacial score (nSPS) is 15.4. The number of allylic oxidation sites excluding steroid dienone is 1. The van der Waals surface area contributed by atoms with E-state index in [9.17, 15) is 9.90 Å². The molecular formula is C15H9BrO3. The third-order valence-electron chi connectivity index (χ3n) is 2.80. The minimum absolute atomic E-state index is 0.0789. The van der Waals surface area contributed by atoms with Gasteiger partial charge in [-0.2, -0.15) is 0 Å². The van der Waals surface area contributed by atoms with Crippen molar-refractivity contribution in [1.29, 1.82) is 0 Å². The van der Waals surface area contributed by atoms with Crippen molar-refractivity contribution in [2.75, 3.05) is 0 Å². The Bertz CT molecular complexity index is 704. The van der Waals surface area contributed by atoms with Crippen LogP contribution in [0.4, 0.5) is 0 Å². The molecule has 0 fully saturated rings.